The van der Waals surface area contributed by atoms with E-state index in [0.717, 1.165) is 11.4 Å². The van der Waals surface area contributed by atoms with Crippen molar-refractivity contribution in [3.8, 4) is 5.75 Å². The van der Waals surface area contributed by atoms with E-state index < -0.39 is 6.10 Å². The fraction of sp³-hybridized carbons (Fsp3) is 0.333. The molecule has 0 fully saturated rings. The topological polar surface area (TPSA) is 67.3 Å². The third-order valence-corrected chi connectivity index (χ3v) is 2.73. The molecule has 0 radical (unpaired) electrons. The summed E-state index contributed by atoms with van der Waals surface area (Å²) in [7, 11) is 0. The van der Waals surface area contributed by atoms with Crippen molar-refractivity contribution >= 4 is 5.95 Å². The minimum absolute atomic E-state index is 0.101. The summed E-state index contributed by atoms with van der Waals surface area (Å²) in [6, 6.07) is 7.52. The van der Waals surface area contributed by atoms with Crippen molar-refractivity contribution in [2.45, 2.75) is 20.0 Å². The van der Waals surface area contributed by atoms with Crippen LogP contribution in [0.2, 0.25) is 0 Å². The standard InChI is InChI=1S/C15H18FN3O2/c1-10-7-11(2)19-15(18-10)17-8-13(20)9-21-14-5-3-12(16)4-6-14/h3-7,13,20H,8-9H2,1-2H3,(H,17,18,19)/t13-/m0/s1. The van der Waals surface area contributed by atoms with Gasteiger partial charge in [-0.3, -0.25) is 0 Å². The maximum absolute atomic E-state index is 12.7. The minimum Gasteiger partial charge on any atom is -0.491 e. The van der Waals surface area contributed by atoms with Crippen LogP contribution in [0.1, 0.15) is 11.4 Å². The number of halogens is 1. The summed E-state index contributed by atoms with van der Waals surface area (Å²) in [6.07, 6.45) is -0.723. The first kappa shape index (κ1) is 15.2. The summed E-state index contributed by atoms with van der Waals surface area (Å²) in [4.78, 5) is 8.44. The van der Waals surface area contributed by atoms with Gasteiger partial charge in [0.2, 0.25) is 5.95 Å². The molecule has 2 aromatic rings. The van der Waals surface area contributed by atoms with E-state index in [-0.39, 0.29) is 19.0 Å². The molecule has 1 heterocycles. The number of hydrogen-bond acceptors (Lipinski definition) is 5. The van der Waals surface area contributed by atoms with E-state index in [1.54, 1.807) is 0 Å². The summed E-state index contributed by atoms with van der Waals surface area (Å²) in [5.74, 6) is 0.669. The quantitative estimate of drug-likeness (QED) is 0.853. The second kappa shape index (κ2) is 6.99. The lowest BCUT2D eigenvalue weighted by Gasteiger charge is -2.13. The lowest BCUT2D eigenvalue weighted by molar-refractivity contribution is 0.117. The highest BCUT2D eigenvalue weighted by Gasteiger charge is 2.07. The molecule has 0 unspecified atom stereocenters. The van der Waals surface area contributed by atoms with Crippen molar-refractivity contribution in [3.63, 3.8) is 0 Å². The Morgan fingerprint density at radius 2 is 1.81 bits per heavy atom. The Kier molecular flexibility index (Phi) is 5.05. The van der Waals surface area contributed by atoms with Crippen LogP contribution in [-0.4, -0.2) is 34.3 Å². The molecule has 2 N–H and O–H groups in total. The van der Waals surface area contributed by atoms with Crippen molar-refractivity contribution in [2.24, 2.45) is 0 Å². The predicted molar refractivity (Wildman–Crippen MR) is 77.9 cm³/mol. The Hall–Kier alpha value is -2.21. The van der Waals surface area contributed by atoms with Gasteiger partial charge in [-0.25, -0.2) is 14.4 Å². The van der Waals surface area contributed by atoms with Gasteiger partial charge in [-0.2, -0.15) is 0 Å². The highest BCUT2D eigenvalue weighted by molar-refractivity contribution is 5.27. The van der Waals surface area contributed by atoms with E-state index in [1.165, 1.54) is 24.3 Å². The molecular formula is C15H18FN3O2. The largest absolute Gasteiger partial charge is 0.491 e. The number of nitrogens with zero attached hydrogens (tertiary/aromatic N) is 2. The van der Waals surface area contributed by atoms with Gasteiger partial charge in [0, 0.05) is 17.9 Å². The number of benzene rings is 1. The third kappa shape index (κ3) is 5.00. The first-order chi connectivity index (χ1) is 10.0. The molecule has 0 amide bonds. The molecule has 0 aliphatic rings. The maximum atomic E-state index is 12.7. The molecule has 0 aliphatic carbocycles. The second-order valence-electron chi connectivity index (χ2n) is 4.77. The zero-order valence-corrected chi connectivity index (χ0v) is 12.0. The van der Waals surface area contributed by atoms with Gasteiger partial charge in [0.1, 0.15) is 24.3 Å². The van der Waals surface area contributed by atoms with Crippen LogP contribution in [0.25, 0.3) is 0 Å². The van der Waals surface area contributed by atoms with Crippen LogP contribution < -0.4 is 10.1 Å². The van der Waals surface area contributed by atoms with Crippen molar-refractivity contribution in [1.82, 2.24) is 9.97 Å². The van der Waals surface area contributed by atoms with Crippen LogP contribution >= 0.6 is 0 Å². The van der Waals surface area contributed by atoms with Gasteiger partial charge in [0.15, 0.2) is 0 Å². The van der Waals surface area contributed by atoms with Gasteiger partial charge in [-0.1, -0.05) is 0 Å². The van der Waals surface area contributed by atoms with E-state index >= 15 is 0 Å². The SMILES string of the molecule is Cc1cc(C)nc(NC[C@H](O)COc2ccc(F)cc2)n1. The molecule has 0 saturated carbocycles. The number of ether oxygens (including phenoxy) is 1. The van der Waals surface area contributed by atoms with Crippen molar-refractivity contribution < 1.29 is 14.2 Å². The second-order valence-corrected chi connectivity index (χ2v) is 4.77. The van der Waals surface area contributed by atoms with Crippen LogP contribution in [0.15, 0.2) is 30.3 Å². The third-order valence-electron chi connectivity index (χ3n) is 2.73. The van der Waals surface area contributed by atoms with Gasteiger partial charge in [-0.15, -0.1) is 0 Å². The molecule has 1 atom stereocenters. The smallest absolute Gasteiger partial charge is 0.223 e. The van der Waals surface area contributed by atoms with Gasteiger partial charge in [-0.05, 0) is 44.2 Å². The first-order valence-corrected chi connectivity index (χ1v) is 6.65. The zero-order valence-electron chi connectivity index (χ0n) is 12.0. The summed E-state index contributed by atoms with van der Waals surface area (Å²) >= 11 is 0. The molecule has 0 bridgehead atoms. The van der Waals surface area contributed by atoms with Gasteiger partial charge in [0.05, 0.1) is 0 Å². The summed E-state index contributed by atoms with van der Waals surface area (Å²) in [6.45, 7) is 4.13. The monoisotopic (exact) mass is 291 g/mol. The lowest BCUT2D eigenvalue weighted by Crippen LogP contribution is -2.27. The molecule has 0 spiro atoms. The van der Waals surface area contributed by atoms with Crippen molar-refractivity contribution in [2.75, 3.05) is 18.5 Å². The summed E-state index contributed by atoms with van der Waals surface area (Å²) < 4.78 is 18.1. The molecule has 21 heavy (non-hydrogen) atoms. The highest BCUT2D eigenvalue weighted by atomic mass is 19.1. The number of aliphatic hydroxyl groups is 1. The summed E-state index contributed by atoms with van der Waals surface area (Å²) in [5, 5.41) is 12.8. The Labute approximate surface area is 122 Å². The molecule has 0 aliphatic heterocycles. The molecule has 1 aromatic heterocycles. The van der Waals surface area contributed by atoms with Crippen molar-refractivity contribution in [1.29, 1.82) is 0 Å². The van der Waals surface area contributed by atoms with Gasteiger partial charge in [0.25, 0.3) is 0 Å². The van der Waals surface area contributed by atoms with E-state index in [4.69, 9.17) is 4.74 Å². The minimum atomic E-state index is -0.723. The lowest BCUT2D eigenvalue weighted by atomic mass is 10.3. The number of aliphatic hydroxyl groups excluding tert-OH is 1. The number of rotatable bonds is 6. The Bertz CT molecular complexity index is 570. The van der Waals surface area contributed by atoms with Crippen LogP contribution in [-0.2, 0) is 0 Å². The molecule has 0 saturated heterocycles. The first-order valence-electron chi connectivity index (χ1n) is 6.65. The number of nitrogens with one attached hydrogen (secondary N) is 1. The number of aromatic nitrogens is 2. The van der Waals surface area contributed by atoms with Crippen molar-refractivity contribution in [3.05, 3.63) is 47.5 Å². The Balaban J connectivity index is 1.79. The van der Waals surface area contributed by atoms with Gasteiger partial charge >= 0.3 is 0 Å². The number of anilines is 1. The van der Waals surface area contributed by atoms with Crippen LogP contribution in [0.3, 0.4) is 0 Å². The van der Waals surface area contributed by atoms with Gasteiger partial charge < -0.3 is 15.2 Å². The predicted octanol–water partition coefficient (Wildman–Crippen LogP) is 2.08. The maximum Gasteiger partial charge on any atom is 0.223 e. The summed E-state index contributed by atoms with van der Waals surface area (Å²) in [5.41, 5.74) is 1.73. The normalized spacial score (nSPS) is 12.0. The Morgan fingerprint density at radius 1 is 1.19 bits per heavy atom. The number of aryl methyl sites for hydroxylation is 2. The Morgan fingerprint density at radius 3 is 2.43 bits per heavy atom. The molecule has 6 heteroatoms. The molecular weight excluding hydrogens is 273 g/mol. The van der Waals surface area contributed by atoms with Crippen LogP contribution in [0.4, 0.5) is 10.3 Å². The fourth-order valence-electron chi connectivity index (χ4n) is 1.80. The number of hydrogen-bond donors (Lipinski definition) is 2. The average molecular weight is 291 g/mol. The fourth-order valence-corrected chi connectivity index (χ4v) is 1.80. The van der Waals surface area contributed by atoms with E-state index in [9.17, 15) is 9.50 Å². The van der Waals surface area contributed by atoms with Crippen LogP contribution in [0.5, 0.6) is 5.75 Å². The zero-order chi connectivity index (χ0) is 15.2. The molecule has 112 valence electrons. The van der Waals surface area contributed by atoms with E-state index in [1.807, 2.05) is 19.9 Å². The van der Waals surface area contributed by atoms with Crippen LogP contribution in [0, 0.1) is 19.7 Å². The molecule has 5 nitrogen and oxygen atoms in total. The molecule has 1 aromatic carbocycles. The van der Waals surface area contributed by atoms with E-state index in [0.29, 0.717) is 11.7 Å². The average Bonchev–Trinajstić information content (AvgIpc) is 2.43. The van der Waals surface area contributed by atoms with E-state index in [2.05, 4.69) is 15.3 Å². The highest BCUT2D eigenvalue weighted by Crippen LogP contribution is 2.11. The molecule has 2 rings (SSSR count).